The number of amides is 1. The van der Waals surface area contributed by atoms with Crippen LogP contribution in [0.1, 0.15) is 37.6 Å². The molecule has 0 fully saturated rings. The van der Waals surface area contributed by atoms with Crippen LogP contribution in [0.4, 0.5) is 4.39 Å². The van der Waals surface area contributed by atoms with Gasteiger partial charge in [0.05, 0.1) is 5.56 Å². The van der Waals surface area contributed by atoms with Crippen molar-refractivity contribution in [1.82, 2.24) is 4.90 Å². The Morgan fingerprint density at radius 3 is 2.65 bits per heavy atom. The number of rotatable bonds is 4. The van der Waals surface area contributed by atoms with Crippen molar-refractivity contribution < 1.29 is 9.18 Å². The molecule has 2 nitrogen and oxygen atoms in total. The molecule has 1 unspecified atom stereocenters. The van der Waals surface area contributed by atoms with E-state index in [0.717, 1.165) is 6.42 Å². The zero-order valence-corrected chi connectivity index (χ0v) is 11.3. The number of thiol groups is 1. The number of halogens is 1. The zero-order valence-electron chi connectivity index (χ0n) is 10.4. The highest BCUT2D eigenvalue weighted by molar-refractivity contribution is 7.80. The number of benzene rings is 1. The zero-order chi connectivity index (χ0) is 13.0. The Bertz CT molecular complexity index is 408. The Balaban J connectivity index is 3.05. The van der Waals surface area contributed by atoms with Crippen molar-refractivity contribution in [1.29, 1.82) is 0 Å². The van der Waals surface area contributed by atoms with Crippen LogP contribution in [0.2, 0.25) is 0 Å². The summed E-state index contributed by atoms with van der Waals surface area (Å²) in [5, 5.41) is 0. The highest BCUT2D eigenvalue weighted by atomic mass is 32.1. The van der Waals surface area contributed by atoms with Crippen molar-refractivity contribution in [3.05, 3.63) is 29.6 Å². The van der Waals surface area contributed by atoms with Crippen molar-refractivity contribution in [2.24, 2.45) is 0 Å². The normalized spacial score (nSPS) is 12.3. The summed E-state index contributed by atoms with van der Waals surface area (Å²) in [4.78, 5) is 14.5. The molecule has 1 amide bonds. The van der Waals surface area contributed by atoms with Crippen LogP contribution >= 0.6 is 12.6 Å². The van der Waals surface area contributed by atoms with Crippen LogP contribution in [0, 0.1) is 5.82 Å². The summed E-state index contributed by atoms with van der Waals surface area (Å²) in [5.41, 5.74) is 0.0969. The van der Waals surface area contributed by atoms with Gasteiger partial charge in [0, 0.05) is 17.5 Å². The molecule has 1 aromatic rings. The largest absolute Gasteiger partial charge is 0.336 e. The first-order valence-electron chi connectivity index (χ1n) is 5.80. The molecule has 1 aromatic carbocycles. The highest BCUT2D eigenvalue weighted by Crippen LogP contribution is 2.17. The second kappa shape index (κ2) is 6.05. The molecule has 0 heterocycles. The topological polar surface area (TPSA) is 20.3 Å². The van der Waals surface area contributed by atoms with Crippen molar-refractivity contribution in [2.45, 2.75) is 38.1 Å². The number of carbonyl (C=O) groups is 1. The maximum atomic E-state index is 13.6. The Hall–Kier alpha value is -1.03. The Morgan fingerprint density at radius 2 is 2.12 bits per heavy atom. The second-order valence-electron chi connectivity index (χ2n) is 4.01. The number of carbonyl (C=O) groups excluding carboxylic acids is 1. The highest BCUT2D eigenvalue weighted by Gasteiger charge is 2.21. The van der Waals surface area contributed by atoms with Crippen LogP contribution in [0.15, 0.2) is 23.1 Å². The van der Waals surface area contributed by atoms with Gasteiger partial charge in [-0.2, -0.15) is 0 Å². The van der Waals surface area contributed by atoms with E-state index in [2.05, 4.69) is 12.6 Å². The SMILES string of the molecule is CCC(C)N(CC)C(=O)c1cc(S)ccc1F. The number of nitrogens with zero attached hydrogens (tertiary/aromatic N) is 1. The van der Waals surface area contributed by atoms with Gasteiger partial charge in [0.15, 0.2) is 0 Å². The van der Waals surface area contributed by atoms with Crippen LogP contribution < -0.4 is 0 Å². The molecule has 0 aliphatic carbocycles. The van der Waals surface area contributed by atoms with Gasteiger partial charge < -0.3 is 4.90 Å². The third-order valence-corrected chi connectivity index (χ3v) is 3.18. The third kappa shape index (κ3) is 3.22. The van der Waals surface area contributed by atoms with Crippen LogP contribution in [0.5, 0.6) is 0 Å². The maximum absolute atomic E-state index is 13.6. The summed E-state index contributed by atoms with van der Waals surface area (Å²) in [6.07, 6.45) is 0.849. The lowest BCUT2D eigenvalue weighted by molar-refractivity contribution is 0.0695. The first kappa shape index (κ1) is 14.0. The molecule has 1 rings (SSSR count). The first-order chi connectivity index (χ1) is 8.01. The molecule has 1 atom stereocenters. The van der Waals surface area contributed by atoms with Gasteiger partial charge in [0.2, 0.25) is 0 Å². The van der Waals surface area contributed by atoms with E-state index in [1.807, 2.05) is 20.8 Å². The average molecular weight is 255 g/mol. The molecule has 0 bridgehead atoms. The van der Waals surface area contributed by atoms with Gasteiger partial charge >= 0.3 is 0 Å². The smallest absolute Gasteiger partial charge is 0.257 e. The predicted octanol–water partition coefficient (Wildman–Crippen LogP) is 3.38. The van der Waals surface area contributed by atoms with E-state index in [4.69, 9.17) is 0 Å². The minimum absolute atomic E-state index is 0.0969. The van der Waals surface area contributed by atoms with E-state index in [1.54, 1.807) is 4.90 Å². The fraction of sp³-hybridized carbons (Fsp3) is 0.462. The quantitative estimate of drug-likeness (QED) is 0.818. The van der Waals surface area contributed by atoms with Crippen LogP contribution in [0.25, 0.3) is 0 Å². The lowest BCUT2D eigenvalue weighted by Crippen LogP contribution is -2.38. The molecule has 0 saturated carbocycles. The van der Waals surface area contributed by atoms with Crippen LogP contribution in [-0.4, -0.2) is 23.4 Å². The van der Waals surface area contributed by atoms with Crippen molar-refractivity contribution in [3.63, 3.8) is 0 Å². The van der Waals surface area contributed by atoms with E-state index >= 15 is 0 Å². The van der Waals surface area contributed by atoms with Gasteiger partial charge in [-0.1, -0.05) is 6.92 Å². The van der Waals surface area contributed by atoms with E-state index < -0.39 is 5.82 Å². The summed E-state index contributed by atoms with van der Waals surface area (Å²) in [6.45, 7) is 6.44. The standard InChI is InChI=1S/C13H18FNOS/c1-4-9(3)15(5-2)13(16)11-8-10(17)6-7-12(11)14/h6-9,17H,4-5H2,1-3H3. The third-order valence-electron chi connectivity index (χ3n) is 2.90. The van der Waals surface area contributed by atoms with Gasteiger partial charge in [-0.15, -0.1) is 12.6 Å². The summed E-state index contributed by atoms with van der Waals surface area (Å²) in [6, 6.07) is 4.40. The molecule has 0 aliphatic heterocycles. The molecule has 0 spiro atoms. The Morgan fingerprint density at radius 1 is 1.47 bits per heavy atom. The summed E-state index contributed by atoms with van der Waals surface area (Å²) in [5.74, 6) is -0.759. The van der Waals surface area contributed by atoms with Gasteiger partial charge in [-0.25, -0.2) is 4.39 Å². The van der Waals surface area contributed by atoms with Gasteiger partial charge in [-0.05, 0) is 38.5 Å². The number of hydrogen-bond donors (Lipinski definition) is 1. The van der Waals surface area contributed by atoms with E-state index in [1.165, 1.54) is 18.2 Å². The fourth-order valence-electron chi connectivity index (χ4n) is 1.71. The molecule has 94 valence electrons. The summed E-state index contributed by atoms with van der Waals surface area (Å²) >= 11 is 4.13. The van der Waals surface area contributed by atoms with Crippen molar-refractivity contribution in [2.75, 3.05) is 6.54 Å². The first-order valence-corrected chi connectivity index (χ1v) is 6.25. The molecule has 0 saturated heterocycles. The van der Waals surface area contributed by atoms with Crippen LogP contribution in [-0.2, 0) is 0 Å². The molecule has 0 radical (unpaired) electrons. The molecule has 17 heavy (non-hydrogen) atoms. The molecule has 0 N–H and O–H groups in total. The number of hydrogen-bond acceptors (Lipinski definition) is 2. The van der Waals surface area contributed by atoms with Gasteiger partial charge in [-0.3, -0.25) is 4.79 Å². The summed E-state index contributed by atoms with van der Waals surface area (Å²) < 4.78 is 13.6. The van der Waals surface area contributed by atoms with Crippen LogP contribution in [0.3, 0.4) is 0 Å². The molecule has 0 aromatic heterocycles. The fourth-order valence-corrected chi connectivity index (χ4v) is 1.91. The lowest BCUT2D eigenvalue weighted by Gasteiger charge is -2.27. The Kier molecular flexibility index (Phi) is 5.00. The van der Waals surface area contributed by atoms with Crippen molar-refractivity contribution >= 4 is 18.5 Å². The monoisotopic (exact) mass is 255 g/mol. The van der Waals surface area contributed by atoms with Gasteiger partial charge in [0.25, 0.3) is 5.91 Å². The van der Waals surface area contributed by atoms with E-state index in [9.17, 15) is 9.18 Å². The molecular formula is C13H18FNOS. The Labute approximate surface area is 107 Å². The van der Waals surface area contributed by atoms with E-state index in [-0.39, 0.29) is 17.5 Å². The van der Waals surface area contributed by atoms with Gasteiger partial charge in [0.1, 0.15) is 5.82 Å². The molecular weight excluding hydrogens is 237 g/mol. The molecule has 4 heteroatoms. The second-order valence-corrected chi connectivity index (χ2v) is 4.53. The lowest BCUT2D eigenvalue weighted by atomic mass is 10.1. The molecule has 0 aliphatic rings. The summed E-state index contributed by atoms with van der Waals surface area (Å²) in [7, 11) is 0. The van der Waals surface area contributed by atoms with E-state index in [0.29, 0.717) is 11.4 Å². The minimum Gasteiger partial charge on any atom is -0.336 e. The predicted molar refractivity (Wildman–Crippen MR) is 70.1 cm³/mol. The average Bonchev–Trinajstić information content (AvgIpc) is 2.32. The van der Waals surface area contributed by atoms with Crippen molar-refractivity contribution in [3.8, 4) is 0 Å². The maximum Gasteiger partial charge on any atom is 0.257 e. The minimum atomic E-state index is -0.491.